The van der Waals surface area contributed by atoms with Crippen LogP contribution in [-0.2, 0) is 14.3 Å². The fourth-order valence-electron chi connectivity index (χ4n) is 3.03. The predicted molar refractivity (Wildman–Crippen MR) is 107 cm³/mol. The SMILES string of the molecule is CCC(C)c1ccc(NC(=O)COC(=O)CN2C(=O)c3ccccc3C2=O)cc1. The number of nitrogens with zero attached hydrogens (tertiary/aromatic N) is 1. The maximum atomic E-state index is 12.2. The molecule has 3 amide bonds. The van der Waals surface area contributed by atoms with Crippen molar-refractivity contribution in [3.8, 4) is 0 Å². The van der Waals surface area contributed by atoms with Gasteiger partial charge < -0.3 is 10.1 Å². The number of ether oxygens (including phenoxy) is 1. The lowest BCUT2D eigenvalue weighted by Crippen LogP contribution is -2.36. The zero-order valence-electron chi connectivity index (χ0n) is 16.3. The normalized spacial score (nSPS) is 13.8. The van der Waals surface area contributed by atoms with Crippen molar-refractivity contribution in [2.45, 2.75) is 26.2 Å². The minimum absolute atomic E-state index is 0.254. The van der Waals surface area contributed by atoms with Crippen LogP contribution in [0.2, 0.25) is 0 Å². The number of fused-ring (bicyclic) bond motifs is 1. The number of nitrogens with one attached hydrogen (secondary N) is 1. The summed E-state index contributed by atoms with van der Waals surface area (Å²) in [6.45, 7) is 3.19. The van der Waals surface area contributed by atoms with Crippen LogP contribution in [0.4, 0.5) is 5.69 Å². The molecule has 2 aromatic rings. The highest BCUT2D eigenvalue weighted by atomic mass is 16.5. The minimum atomic E-state index is -0.832. The summed E-state index contributed by atoms with van der Waals surface area (Å²) in [5.74, 6) is -2.00. The molecule has 29 heavy (non-hydrogen) atoms. The summed E-state index contributed by atoms with van der Waals surface area (Å²) in [6.07, 6.45) is 1.02. The quantitative estimate of drug-likeness (QED) is 0.576. The molecule has 7 heteroatoms. The molecule has 3 rings (SSSR count). The molecule has 0 fully saturated rings. The second-order valence-electron chi connectivity index (χ2n) is 6.88. The number of esters is 1. The molecule has 150 valence electrons. The average molecular weight is 394 g/mol. The highest BCUT2D eigenvalue weighted by molar-refractivity contribution is 6.22. The molecule has 0 bridgehead atoms. The average Bonchev–Trinajstić information content (AvgIpc) is 2.97. The summed E-state index contributed by atoms with van der Waals surface area (Å²) in [5, 5.41) is 2.64. The van der Waals surface area contributed by atoms with Gasteiger partial charge in [0.25, 0.3) is 17.7 Å². The third kappa shape index (κ3) is 4.51. The second kappa shape index (κ2) is 8.68. The molecule has 0 saturated carbocycles. The summed E-state index contributed by atoms with van der Waals surface area (Å²) >= 11 is 0. The molecule has 0 radical (unpaired) electrons. The van der Waals surface area contributed by atoms with Gasteiger partial charge in [-0.1, -0.05) is 38.1 Å². The Morgan fingerprint density at radius 1 is 1.00 bits per heavy atom. The molecule has 0 spiro atoms. The van der Waals surface area contributed by atoms with E-state index < -0.39 is 36.8 Å². The van der Waals surface area contributed by atoms with E-state index in [1.807, 2.05) is 12.1 Å². The number of rotatable bonds is 7. The molecule has 1 aliphatic rings. The fraction of sp³-hybridized carbons (Fsp3) is 0.273. The predicted octanol–water partition coefficient (Wildman–Crippen LogP) is 2.98. The van der Waals surface area contributed by atoms with Gasteiger partial charge in [0.05, 0.1) is 11.1 Å². The highest BCUT2D eigenvalue weighted by Gasteiger charge is 2.36. The van der Waals surface area contributed by atoms with Crippen LogP contribution in [0.5, 0.6) is 0 Å². The van der Waals surface area contributed by atoms with Gasteiger partial charge in [0.2, 0.25) is 0 Å². The van der Waals surface area contributed by atoms with Gasteiger partial charge in [0.1, 0.15) is 6.54 Å². The van der Waals surface area contributed by atoms with Crippen LogP contribution in [0, 0.1) is 0 Å². The van der Waals surface area contributed by atoms with E-state index in [-0.39, 0.29) is 11.1 Å². The number of imide groups is 1. The minimum Gasteiger partial charge on any atom is -0.454 e. The largest absolute Gasteiger partial charge is 0.454 e. The number of anilines is 1. The summed E-state index contributed by atoms with van der Waals surface area (Å²) in [6, 6.07) is 13.8. The Balaban J connectivity index is 1.49. The number of hydrogen-bond donors (Lipinski definition) is 1. The van der Waals surface area contributed by atoms with Gasteiger partial charge in [-0.15, -0.1) is 0 Å². The van der Waals surface area contributed by atoms with Crippen LogP contribution >= 0.6 is 0 Å². The molecule has 1 unspecified atom stereocenters. The van der Waals surface area contributed by atoms with Gasteiger partial charge in [-0.2, -0.15) is 0 Å². The second-order valence-corrected chi connectivity index (χ2v) is 6.88. The van der Waals surface area contributed by atoms with Gasteiger partial charge in [0, 0.05) is 5.69 Å². The molecule has 1 aliphatic heterocycles. The van der Waals surface area contributed by atoms with E-state index in [0.717, 1.165) is 11.3 Å². The lowest BCUT2D eigenvalue weighted by molar-refractivity contribution is -0.147. The topological polar surface area (TPSA) is 92.8 Å². The van der Waals surface area contributed by atoms with Gasteiger partial charge >= 0.3 is 5.97 Å². The van der Waals surface area contributed by atoms with Crippen molar-refractivity contribution in [1.82, 2.24) is 4.90 Å². The van der Waals surface area contributed by atoms with E-state index >= 15 is 0 Å². The number of carbonyl (C=O) groups excluding carboxylic acids is 4. The van der Waals surface area contributed by atoms with E-state index in [0.29, 0.717) is 11.6 Å². The lowest BCUT2D eigenvalue weighted by Gasteiger charge is -2.13. The van der Waals surface area contributed by atoms with E-state index in [2.05, 4.69) is 19.2 Å². The van der Waals surface area contributed by atoms with Crippen LogP contribution in [0.1, 0.15) is 52.5 Å². The van der Waals surface area contributed by atoms with Gasteiger partial charge in [-0.05, 0) is 42.2 Å². The van der Waals surface area contributed by atoms with Crippen LogP contribution in [-0.4, -0.2) is 41.7 Å². The first-order chi connectivity index (χ1) is 13.9. The van der Waals surface area contributed by atoms with Crippen molar-refractivity contribution in [1.29, 1.82) is 0 Å². The smallest absolute Gasteiger partial charge is 0.326 e. The number of benzene rings is 2. The van der Waals surface area contributed by atoms with Crippen molar-refractivity contribution in [3.05, 3.63) is 65.2 Å². The van der Waals surface area contributed by atoms with Gasteiger partial charge in [-0.3, -0.25) is 24.1 Å². The third-order valence-corrected chi connectivity index (χ3v) is 4.91. The molecule has 2 aromatic carbocycles. The Hall–Kier alpha value is -3.48. The fourth-order valence-corrected chi connectivity index (χ4v) is 3.03. The van der Waals surface area contributed by atoms with Crippen LogP contribution < -0.4 is 5.32 Å². The van der Waals surface area contributed by atoms with Crippen molar-refractivity contribution in [3.63, 3.8) is 0 Å². The van der Waals surface area contributed by atoms with Crippen molar-refractivity contribution >= 4 is 29.4 Å². The van der Waals surface area contributed by atoms with Crippen molar-refractivity contribution < 1.29 is 23.9 Å². The highest BCUT2D eigenvalue weighted by Crippen LogP contribution is 2.22. The summed E-state index contributed by atoms with van der Waals surface area (Å²) in [4.78, 5) is 49.3. The molecule has 0 saturated heterocycles. The molecular weight excluding hydrogens is 372 g/mol. The Morgan fingerprint density at radius 3 is 2.14 bits per heavy atom. The summed E-state index contributed by atoms with van der Waals surface area (Å²) < 4.78 is 4.92. The zero-order valence-corrected chi connectivity index (χ0v) is 16.3. The Kier molecular flexibility index (Phi) is 6.07. The zero-order chi connectivity index (χ0) is 21.0. The van der Waals surface area contributed by atoms with Crippen LogP contribution in [0.25, 0.3) is 0 Å². The standard InChI is InChI=1S/C22H22N2O5/c1-3-14(2)15-8-10-16(11-9-15)23-19(25)13-29-20(26)12-24-21(27)17-6-4-5-7-18(17)22(24)28/h4-11,14H,3,12-13H2,1-2H3,(H,23,25). The van der Waals surface area contributed by atoms with Gasteiger partial charge in [-0.25, -0.2) is 0 Å². The maximum absolute atomic E-state index is 12.2. The molecule has 1 heterocycles. The summed E-state index contributed by atoms with van der Waals surface area (Å²) in [7, 11) is 0. The van der Waals surface area contributed by atoms with E-state index in [1.165, 1.54) is 17.7 Å². The van der Waals surface area contributed by atoms with E-state index in [1.54, 1.807) is 24.3 Å². The number of amides is 3. The van der Waals surface area contributed by atoms with Crippen LogP contribution in [0.15, 0.2) is 48.5 Å². The van der Waals surface area contributed by atoms with Gasteiger partial charge in [0.15, 0.2) is 6.61 Å². The molecule has 1 atom stereocenters. The van der Waals surface area contributed by atoms with E-state index in [4.69, 9.17) is 4.74 Å². The van der Waals surface area contributed by atoms with Crippen LogP contribution in [0.3, 0.4) is 0 Å². The Morgan fingerprint density at radius 2 is 1.59 bits per heavy atom. The lowest BCUT2D eigenvalue weighted by atomic mass is 9.99. The van der Waals surface area contributed by atoms with Crippen molar-refractivity contribution in [2.75, 3.05) is 18.5 Å². The maximum Gasteiger partial charge on any atom is 0.326 e. The molecule has 7 nitrogen and oxygen atoms in total. The molecular formula is C22H22N2O5. The number of carbonyl (C=O) groups is 4. The van der Waals surface area contributed by atoms with Crippen molar-refractivity contribution in [2.24, 2.45) is 0 Å². The molecule has 1 N–H and O–H groups in total. The van der Waals surface area contributed by atoms with E-state index in [9.17, 15) is 19.2 Å². The summed E-state index contributed by atoms with van der Waals surface area (Å²) in [5.41, 5.74) is 2.28. The first-order valence-corrected chi connectivity index (χ1v) is 9.41. The molecule has 0 aromatic heterocycles. The Labute approximate surface area is 168 Å². The third-order valence-electron chi connectivity index (χ3n) is 4.91. The monoisotopic (exact) mass is 394 g/mol. The first kappa shape index (κ1) is 20.3. The number of hydrogen-bond acceptors (Lipinski definition) is 5. The molecule has 0 aliphatic carbocycles. The Bertz CT molecular complexity index is 917. The first-order valence-electron chi connectivity index (χ1n) is 9.41.